The number of morpholine rings is 1. The molecule has 1 amide bonds. The van der Waals surface area contributed by atoms with Crippen LogP contribution in [0.25, 0.3) is 0 Å². The summed E-state index contributed by atoms with van der Waals surface area (Å²) in [4.78, 5) is 24.9. The number of ether oxygens (including phenoxy) is 1. The number of hydrogen-bond acceptors (Lipinski definition) is 7. The van der Waals surface area contributed by atoms with Gasteiger partial charge in [-0.3, -0.25) is 19.8 Å². The first-order chi connectivity index (χ1) is 14.2. The zero-order chi connectivity index (χ0) is 21.7. The van der Waals surface area contributed by atoms with Crippen LogP contribution in [0.1, 0.15) is 21.5 Å². The number of benzene rings is 2. The van der Waals surface area contributed by atoms with Crippen LogP contribution in [0.15, 0.2) is 47.4 Å². The van der Waals surface area contributed by atoms with Crippen LogP contribution in [0.5, 0.6) is 0 Å². The van der Waals surface area contributed by atoms with E-state index in [1.165, 1.54) is 0 Å². The van der Waals surface area contributed by atoms with Crippen molar-refractivity contribution in [2.45, 2.75) is 18.0 Å². The van der Waals surface area contributed by atoms with Gasteiger partial charge in [0.2, 0.25) is 0 Å². The molecule has 1 N–H and O–H groups in total. The summed E-state index contributed by atoms with van der Waals surface area (Å²) in [6, 6.07) is 10.9. The van der Waals surface area contributed by atoms with Gasteiger partial charge in [0.15, 0.2) is 9.84 Å². The Balaban J connectivity index is 1.70. The molecule has 1 saturated heterocycles. The molecule has 0 radical (unpaired) electrons. The second-order valence-corrected chi connectivity index (χ2v) is 9.15. The Morgan fingerprint density at radius 1 is 1.17 bits per heavy atom. The largest absolute Gasteiger partial charge is 0.379 e. The van der Waals surface area contributed by atoms with E-state index in [1.54, 1.807) is 0 Å². The summed E-state index contributed by atoms with van der Waals surface area (Å²) in [5.74, 6) is -0.581. The maximum absolute atomic E-state index is 12.5. The van der Waals surface area contributed by atoms with Crippen LogP contribution >= 0.6 is 0 Å². The normalized spacial score (nSPS) is 15.0. The second-order valence-electron chi connectivity index (χ2n) is 7.14. The quantitative estimate of drug-likeness (QED) is 0.522. The first-order valence-electron chi connectivity index (χ1n) is 9.38. The van der Waals surface area contributed by atoms with E-state index in [4.69, 9.17) is 4.74 Å². The predicted molar refractivity (Wildman–Crippen MR) is 110 cm³/mol. The highest BCUT2D eigenvalue weighted by molar-refractivity contribution is 7.90. The number of nitrogens with zero attached hydrogens (tertiary/aromatic N) is 2. The third kappa shape index (κ3) is 5.85. The van der Waals surface area contributed by atoms with E-state index in [9.17, 15) is 23.3 Å². The minimum absolute atomic E-state index is 0.0749. The van der Waals surface area contributed by atoms with Crippen molar-refractivity contribution in [2.75, 3.05) is 32.6 Å². The lowest BCUT2D eigenvalue weighted by molar-refractivity contribution is -0.385. The minimum Gasteiger partial charge on any atom is -0.379 e. The number of nitrogens with one attached hydrogen (secondary N) is 1. The molecule has 160 valence electrons. The Morgan fingerprint density at radius 2 is 1.87 bits per heavy atom. The highest BCUT2D eigenvalue weighted by atomic mass is 32.2. The number of carbonyl (C=O) groups excluding carboxylic acids is 1. The molecule has 0 spiro atoms. The lowest BCUT2D eigenvalue weighted by atomic mass is 10.1. The van der Waals surface area contributed by atoms with Crippen LogP contribution in [-0.4, -0.2) is 56.7 Å². The van der Waals surface area contributed by atoms with Crippen LogP contribution in [0, 0.1) is 10.1 Å². The van der Waals surface area contributed by atoms with Crippen molar-refractivity contribution in [3.8, 4) is 0 Å². The van der Waals surface area contributed by atoms with E-state index >= 15 is 0 Å². The van der Waals surface area contributed by atoms with Gasteiger partial charge in [-0.05, 0) is 17.2 Å². The van der Waals surface area contributed by atoms with Gasteiger partial charge in [-0.1, -0.05) is 24.3 Å². The number of nitro benzene ring substituents is 1. The smallest absolute Gasteiger partial charge is 0.271 e. The Morgan fingerprint density at radius 3 is 2.53 bits per heavy atom. The van der Waals surface area contributed by atoms with Gasteiger partial charge in [0.05, 0.1) is 23.0 Å². The fourth-order valence-electron chi connectivity index (χ4n) is 3.17. The molecule has 0 bridgehead atoms. The average molecular weight is 433 g/mol. The van der Waals surface area contributed by atoms with Gasteiger partial charge in [0.25, 0.3) is 11.6 Å². The molecule has 0 aromatic heterocycles. The average Bonchev–Trinajstić information content (AvgIpc) is 2.72. The van der Waals surface area contributed by atoms with Gasteiger partial charge >= 0.3 is 0 Å². The molecule has 0 atom stereocenters. The van der Waals surface area contributed by atoms with Crippen molar-refractivity contribution in [2.24, 2.45) is 0 Å². The summed E-state index contributed by atoms with van der Waals surface area (Å²) in [6.45, 7) is 4.18. The number of rotatable bonds is 7. The first kappa shape index (κ1) is 21.9. The van der Waals surface area contributed by atoms with Crippen LogP contribution < -0.4 is 5.32 Å². The lowest BCUT2D eigenvalue weighted by Gasteiger charge is -2.26. The zero-order valence-corrected chi connectivity index (χ0v) is 17.4. The molecule has 0 unspecified atom stereocenters. The molecule has 3 rings (SSSR count). The number of sulfone groups is 1. The Labute approximate surface area is 174 Å². The van der Waals surface area contributed by atoms with Crippen molar-refractivity contribution in [3.63, 3.8) is 0 Å². The number of carbonyl (C=O) groups is 1. The Kier molecular flexibility index (Phi) is 6.80. The van der Waals surface area contributed by atoms with Gasteiger partial charge in [0.1, 0.15) is 0 Å². The van der Waals surface area contributed by atoms with Gasteiger partial charge in [-0.25, -0.2) is 8.42 Å². The fourth-order valence-corrected chi connectivity index (χ4v) is 3.85. The van der Waals surface area contributed by atoms with Gasteiger partial charge in [0, 0.05) is 50.1 Å². The lowest BCUT2D eigenvalue weighted by Crippen LogP contribution is -2.35. The highest BCUT2D eigenvalue weighted by Gasteiger charge is 2.19. The molecule has 1 heterocycles. The first-order valence-corrected chi connectivity index (χ1v) is 11.3. The molecule has 10 heteroatoms. The molecule has 0 saturated carbocycles. The monoisotopic (exact) mass is 433 g/mol. The van der Waals surface area contributed by atoms with Crippen molar-refractivity contribution >= 4 is 21.4 Å². The maximum atomic E-state index is 12.5. The van der Waals surface area contributed by atoms with Crippen LogP contribution in [0.4, 0.5) is 5.69 Å². The topological polar surface area (TPSA) is 119 Å². The number of non-ortho nitro benzene ring substituents is 1. The molecule has 1 aliphatic heterocycles. The fraction of sp³-hybridized carbons (Fsp3) is 0.350. The molecule has 2 aromatic carbocycles. The summed E-state index contributed by atoms with van der Waals surface area (Å²) >= 11 is 0. The van der Waals surface area contributed by atoms with Crippen molar-refractivity contribution in [1.82, 2.24) is 10.2 Å². The van der Waals surface area contributed by atoms with Crippen molar-refractivity contribution in [3.05, 3.63) is 69.3 Å². The number of amides is 1. The highest BCUT2D eigenvalue weighted by Crippen LogP contribution is 2.21. The van der Waals surface area contributed by atoms with Crippen LogP contribution in [-0.2, 0) is 27.7 Å². The molecule has 1 fully saturated rings. The second kappa shape index (κ2) is 9.33. The summed E-state index contributed by atoms with van der Waals surface area (Å²) in [6.07, 6.45) is 0.938. The summed E-state index contributed by atoms with van der Waals surface area (Å²) in [5.41, 5.74) is 1.46. The SMILES string of the molecule is CS(=O)(=O)c1cc(C(=O)NCc2cccc(CN3CCOCC3)c2)cc([N+](=O)[O-])c1. The van der Waals surface area contributed by atoms with Crippen LogP contribution in [0.2, 0.25) is 0 Å². The zero-order valence-electron chi connectivity index (χ0n) is 16.5. The summed E-state index contributed by atoms with van der Waals surface area (Å²) < 4.78 is 28.9. The number of nitro groups is 1. The standard InChI is InChI=1S/C20H23N3O6S/c1-30(27,28)19-11-17(10-18(12-19)23(25)26)20(24)21-13-15-3-2-4-16(9-15)14-22-5-7-29-8-6-22/h2-4,9-12H,5-8,13-14H2,1H3,(H,21,24). The van der Waals surface area contributed by atoms with E-state index in [2.05, 4.69) is 10.2 Å². The van der Waals surface area contributed by atoms with Gasteiger partial charge in [-0.2, -0.15) is 0 Å². The molecule has 0 aliphatic carbocycles. The van der Waals surface area contributed by atoms with Gasteiger partial charge in [-0.15, -0.1) is 0 Å². The molecule has 2 aromatic rings. The van der Waals surface area contributed by atoms with E-state index in [0.717, 1.165) is 55.2 Å². The van der Waals surface area contributed by atoms with E-state index in [1.807, 2.05) is 24.3 Å². The summed E-state index contributed by atoms with van der Waals surface area (Å²) in [7, 11) is -3.70. The molecular formula is C20H23N3O6S. The van der Waals surface area contributed by atoms with E-state index in [-0.39, 0.29) is 17.0 Å². The molecule has 30 heavy (non-hydrogen) atoms. The van der Waals surface area contributed by atoms with Crippen molar-refractivity contribution < 1.29 is 22.9 Å². The van der Waals surface area contributed by atoms with Gasteiger partial charge < -0.3 is 10.1 Å². The predicted octanol–water partition coefficient (Wildman–Crippen LogP) is 1.76. The Bertz CT molecular complexity index is 1050. The van der Waals surface area contributed by atoms with Crippen LogP contribution in [0.3, 0.4) is 0 Å². The Hall–Kier alpha value is -2.82. The minimum atomic E-state index is -3.70. The third-order valence-corrected chi connectivity index (χ3v) is 5.84. The van der Waals surface area contributed by atoms with E-state index < -0.39 is 26.4 Å². The molecule has 9 nitrogen and oxygen atoms in total. The third-order valence-electron chi connectivity index (χ3n) is 4.75. The van der Waals surface area contributed by atoms with E-state index in [0.29, 0.717) is 13.2 Å². The molecular weight excluding hydrogens is 410 g/mol. The molecule has 1 aliphatic rings. The van der Waals surface area contributed by atoms with Crippen molar-refractivity contribution in [1.29, 1.82) is 0 Å². The maximum Gasteiger partial charge on any atom is 0.271 e. The number of hydrogen-bond donors (Lipinski definition) is 1. The summed E-state index contributed by atoms with van der Waals surface area (Å²) in [5, 5.41) is 13.8.